The second-order valence-corrected chi connectivity index (χ2v) is 9.13. The molecule has 6 nitrogen and oxygen atoms in total. The van der Waals surface area contributed by atoms with Gasteiger partial charge in [-0.05, 0) is 82.2 Å². The number of halogens is 1. The smallest absolute Gasteiger partial charge is 0.258 e. The molecule has 0 spiro atoms. The molecule has 2 heterocycles. The van der Waals surface area contributed by atoms with Gasteiger partial charge in [0.05, 0.1) is 11.8 Å². The Morgan fingerprint density at radius 1 is 1.22 bits per heavy atom. The van der Waals surface area contributed by atoms with Gasteiger partial charge in [0, 0.05) is 49.2 Å². The van der Waals surface area contributed by atoms with Gasteiger partial charge in [-0.1, -0.05) is 0 Å². The van der Waals surface area contributed by atoms with Crippen LogP contribution in [-0.2, 0) is 6.42 Å². The fourth-order valence-electron chi connectivity index (χ4n) is 4.57. The van der Waals surface area contributed by atoms with Crippen LogP contribution in [0, 0.1) is 5.82 Å². The van der Waals surface area contributed by atoms with Crippen LogP contribution in [0.15, 0.2) is 36.4 Å². The van der Waals surface area contributed by atoms with Crippen LogP contribution >= 0.6 is 0 Å². The van der Waals surface area contributed by atoms with Crippen LogP contribution in [-0.4, -0.2) is 68.3 Å². The molecule has 2 aromatic carbocycles. The van der Waals surface area contributed by atoms with Crippen LogP contribution < -0.4 is 15.1 Å². The molecule has 4 rings (SSSR count). The number of hydrogen-bond acceptors (Lipinski definition) is 5. The highest BCUT2D eigenvalue weighted by molar-refractivity contribution is 6.08. The molecule has 1 unspecified atom stereocenters. The molecule has 2 aliphatic rings. The normalized spacial score (nSPS) is 19.4. The monoisotopic (exact) mass is 440 g/mol. The van der Waals surface area contributed by atoms with E-state index in [2.05, 4.69) is 29.2 Å². The average Bonchev–Trinajstić information content (AvgIpc) is 3.24. The number of hydrogen-bond donors (Lipinski definition) is 2. The summed E-state index contributed by atoms with van der Waals surface area (Å²) in [6.07, 6.45) is 2.05. The molecular weight excluding hydrogens is 407 g/mol. The summed E-state index contributed by atoms with van der Waals surface area (Å²) in [5, 5.41) is 12.7. The van der Waals surface area contributed by atoms with Crippen LogP contribution in [0.4, 0.5) is 21.5 Å². The number of anilines is 3. The molecule has 2 aliphatic heterocycles. The van der Waals surface area contributed by atoms with E-state index in [4.69, 9.17) is 0 Å². The van der Waals surface area contributed by atoms with E-state index >= 15 is 4.39 Å². The van der Waals surface area contributed by atoms with E-state index in [0.717, 1.165) is 30.8 Å². The number of likely N-dealkylation sites (N-methyl/N-ethyl adjacent to an activating group) is 1. The van der Waals surface area contributed by atoms with Gasteiger partial charge in [0.15, 0.2) is 0 Å². The third-order valence-electron chi connectivity index (χ3n) is 6.55. The molecule has 2 N–H and O–H groups in total. The third kappa shape index (κ3) is 4.74. The molecule has 172 valence electrons. The Morgan fingerprint density at radius 3 is 2.72 bits per heavy atom. The lowest BCUT2D eigenvalue weighted by Crippen LogP contribution is -2.37. The van der Waals surface area contributed by atoms with E-state index in [1.54, 1.807) is 17.9 Å². The van der Waals surface area contributed by atoms with Gasteiger partial charge < -0.3 is 25.1 Å². The third-order valence-corrected chi connectivity index (χ3v) is 6.55. The SMILES string of the molecule is CC(O)CCNc1ccc2c(c1)CCN(c1ccc(N3CC[C@@H](N(C)C)C3)c(F)c1)C2=O. The molecule has 0 bridgehead atoms. The van der Waals surface area contributed by atoms with Crippen molar-refractivity contribution >= 4 is 23.0 Å². The summed E-state index contributed by atoms with van der Waals surface area (Å²) in [5.41, 5.74) is 3.82. The molecule has 1 saturated heterocycles. The first-order valence-corrected chi connectivity index (χ1v) is 11.4. The number of carbonyl (C=O) groups is 1. The van der Waals surface area contributed by atoms with E-state index < -0.39 is 0 Å². The molecule has 0 radical (unpaired) electrons. The summed E-state index contributed by atoms with van der Waals surface area (Å²) in [7, 11) is 4.12. The number of fused-ring (bicyclic) bond motifs is 1. The average molecular weight is 441 g/mol. The number of nitrogens with one attached hydrogen (secondary N) is 1. The lowest BCUT2D eigenvalue weighted by Gasteiger charge is -2.30. The standard InChI is InChI=1S/C25H33FN4O2/c1-17(31)8-11-27-19-4-6-22-18(14-19)9-13-30(25(22)32)20-5-7-24(23(26)15-20)29-12-10-21(16-29)28(2)3/h4-7,14-15,17,21,27,31H,8-13,16H2,1-3H3/t17?,21-/m1/s1. The van der Waals surface area contributed by atoms with E-state index in [0.29, 0.717) is 48.9 Å². The minimum atomic E-state index is -0.345. The molecule has 7 heteroatoms. The Kier molecular flexibility index (Phi) is 6.67. The first kappa shape index (κ1) is 22.6. The highest BCUT2D eigenvalue weighted by atomic mass is 19.1. The summed E-state index contributed by atoms with van der Waals surface area (Å²) >= 11 is 0. The summed E-state index contributed by atoms with van der Waals surface area (Å²) in [6, 6.07) is 11.3. The van der Waals surface area contributed by atoms with Crippen molar-refractivity contribution < 1.29 is 14.3 Å². The summed E-state index contributed by atoms with van der Waals surface area (Å²) in [4.78, 5) is 19.1. The van der Waals surface area contributed by atoms with Crippen LogP contribution in [0.25, 0.3) is 0 Å². The minimum Gasteiger partial charge on any atom is -0.393 e. The zero-order valence-corrected chi connectivity index (χ0v) is 19.1. The van der Waals surface area contributed by atoms with Crippen molar-refractivity contribution in [2.24, 2.45) is 0 Å². The fraction of sp³-hybridized carbons (Fsp3) is 0.480. The van der Waals surface area contributed by atoms with Crippen molar-refractivity contribution in [3.05, 3.63) is 53.3 Å². The molecule has 0 saturated carbocycles. The highest BCUT2D eigenvalue weighted by Gasteiger charge is 2.28. The van der Waals surface area contributed by atoms with Crippen molar-refractivity contribution in [1.29, 1.82) is 0 Å². The number of carbonyl (C=O) groups excluding carboxylic acids is 1. The van der Waals surface area contributed by atoms with E-state index in [1.807, 2.05) is 24.3 Å². The van der Waals surface area contributed by atoms with Gasteiger partial charge in [-0.3, -0.25) is 4.79 Å². The molecule has 1 amide bonds. The maximum atomic E-state index is 15.0. The fourth-order valence-corrected chi connectivity index (χ4v) is 4.57. The molecule has 0 aliphatic carbocycles. The number of rotatable bonds is 7. The first-order chi connectivity index (χ1) is 15.3. The number of amides is 1. The van der Waals surface area contributed by atoms with Gasteiger partial charge in [0.2, 0.25) is 0 Å². The zero-order chi connectivity index (χ0) is 22.8. The predicted molar refractivity (Wildman–Crippen MR) is 127 cm³/mol. The minimum absolute atomic E-state index is 0.0947. The summed E-state index contributed by atoms with van der Waals surface area (Å²) in [6.45, 7) is 4.61. The predicted octanol–water partition coefficient (Wildman–Crippen LogP) is 3.35. The van der Waals surface area contributed by atoms with Crippen molar-refractivity contribution in [2.75, 3.05) is 55.4 Å². The number of aliphatic hydroxyl groups is 1. The zero-order valence-electron chi connectivity index (χ0n) is 19.1. The largest absolute Gasteiger partial charge is 0.393 e. The lowest BCUT2D eigenvalue weighted by molar-refractivity contribution is 0.0980. The van der Waals surface area contributed by atoms with Crippen LogP contribution in [0.3, 0.4) is 0 Å². The molecule has 1 fully saturated rings. The number of benzene rings is 2. The summed E-state index contributed by atoms with van der Waals surface area (Å²) < 4.78 is 15.0. The van der Waals surface area contributed by atoms with Crippen LogP contribution in [0.1, 0.15) is 35.7 Å². The Bertz CT molecular complexity index is 978. The van der Waals surface area contributed by atoms with Crippen molar-refractivity contribution in [2.45, 2.75) is 38.3 Å². The Morgan fingerprint density at radius 2 is 2.03 bits per heavy atom. The number of aliphatic hydroxyl groups excluding tert-OH is 1. The maximum Gasteiger partial charge on any atom is 0.258 e. The van der Waals surface area contributed by atoms with E-state index in [1.165, 1.54) is 6.07 Å². The molecule has 2 atom stereocenters. The van der Waals surface area contributed by atoms with Crippen LogP contribution in [0.5, 0.6) is 0 Å². The topological polar surface area (TPSA) is 59.1 Å². The first-order valence-electron chi connectivity index (χ1n) is 11.4. The van der Waals surface area contributed by atoms with E-state index in [9.17, 15) is 9.90 Å². The molecule has 0 aromatic heterocycles. The van der Waals surface area contributed by atoms with E-state index in [-0.39, 0.29) is 17.8 Å². The van der Waals surface area contributed by atoms with Crippen LogP contribution in [0.2, 0.25) is 0 Å². The van der Waals surface area contributed by atoms with Crippen molar-refractivity contribution in [3.8, 4) is 0 Å². The van der Waals surface area contributed by atoms with Gasteiger partial charge in [-0.15, -0.1) is 0 Å². The molecule has 32 heavy (non-hydrogen) atoms. The quantitative estimate of drug-likeness (QED) is 0.692. The van der Waals surface area contributed by atoms with Gasteiger partial charge in [0.1, 0.15) is 5.82 Å². The lowest BCUT2D eigenvalue weighted by atomic mass is 9.97. The van der Waals surface area contributed by atoms with Crippen molar-refractivity contribution in [3.63, 3.8) is 0 Å². The number of nitrogens with zero attached hydrogens (tertiary/aromatic N) is 3. The molecule has 2 aromatic rings. The van der Waals surface area contributed by atoms with Gasteiger partial charge in [-0.25, -0.2) is 4.39 Å². The van der Waals surface area contributed by atoms with Crippen molar-refractivity contribution in [1.82, 2.24) is 4.90 Å². The Balaban J connectivity index is 1.46. The maximum absolute atomic E-state index is 15.0. The Labute approximate surface area is 189 Å². The second-order valence-electron chi connectivity index (χ2n) is 9.13. The second kappa shape index (κ2) is 9.46. The van der Waals surface area contributed by atoms with Gasteiger partial charge in [-0.2, -0.15) is 0 Å². The van der Waals surface area contributed by atoms with Gasteiger partial charge in [0.25, 0.3) is 5.91 Å². The Hall–Kier alpha value is -2.64. The highest BCUT2D eigenvalue weighted by Crippen LogP contribution is 2.31. The molecular formula is C25H33FN4O2. The van der Waals surface area contributed by atoms with Gasteiger partial charge >= 0.3 is 0 Å². The summed E-state index contributed by atoms with van der Waals surface area (Å²) in [5.74, 6) is -0.374.